The molecular formula is C21H33N3O2. The Balaban J connectivity index is 1.60. The second-order valence-corrected chi connectivity index (χ2v) is 7.72. The van der Waals surface area contributed by atoms with Gasteiger partial charge < -0.3 is 20.1 Å². The van der Waals surface area contributed by atoms with Gasteiger partial charge in [-0.15, -0.1) is 0 Å². The lowest BCUT2D eigenvalue weighted by Gasteiger charge is -2.33. The van der Waals surface area contributed by atoms with E-state index in [9.17, 15) is 5.11 Å². The lowest BCUT2D eigenvalue weighted by molar-refractivity contribution is 0.203. The molecule has 5 heteroatoms. The van der Waals surface area contributed by atoms with Crippen LogP contribution in [0.2, 0.25) is 0 Å². The molecule has 3 rings (SSSR count). The van der Waals surface area contributed by atoms with Crippen LogP contribution in [0.15, 0.2) is 23.2 Å². The molecule has 0 radical (unpaired) electrons. The Labute approximate surface area is 157 Å². The van der Waals surface area contributed by atoms with E-state index >= 15 is 0 Å². The SMILES string of the molecule is CCNC(=NCCc1ccc(O)c(OC)c1)N1CCC2(CCCCC2)C1. The Hall–Kier alpha value is -1.91. The summed E-state index contributed by atoms with van der Waals surface area (Å²) >= 11 is 0. The van der Waals surface area contributed by atoms with Crippen LogP contribution in [0.1, 0.15) is 51.0 Å². The number of phenols is 1. The third-order valence-electron chi connectivity index (χ3n) is 5.89. The fourth-order valence-electron chi connectivity index (χ4n) is 4.42. The molecule has 1 aliphatic heterocycles. The summed E-state index contributed by atoms with van der Waals surface area (Å²) in [6.07, 6.45) is 9.12. The van der Waals surface area contributed by atoms with E-state index in [0.29, 0.717) is 11.2 Å². The van der Waals surface area contributed by atoms with Gasteiger partial charge in [-0.3, -0.25) is 4.99 Å². The first-order chi connectivity index (χ1) is 12.7. The maximum Gasteiger partial charge on any atom is 0.193 e. The number of phenolic OH excluding ortho intramolecular Hbond substituents is 1. The van der Waals surface area contributed by atoms with Gasteiger partial charge in [-0.25, -0.2) is 0 Å². The summed E-state index contributed by atoms with van der Waals surface area (Å²) < 4.78 is 5.19. The molecule has 144 valence electrons. The smallest absolute Gasteiger partial charge is 0.193 e. The summed E-state index contributed by atoms with van der Waals surface area (Å²) in [7, 11) is 1.58. The minimum Gasteiger partial charge on any atom is -0.504 e. The number of likely N-dealkylation sites (tertiary alicyclic amines) is 1. The number of guanidine groups is 1. The van der Waals surface area contributed by atoms with E-state index in [1.165, 1.54) is 38.5 Å². The van der Waals surface area contributed by atoms with E-state index < -0.39 is 0 Å². The number of nitrogens with zero attached hydrogens (tertiary/aromatic N) is 2. The average molecular weight is 360 g/mol. The quantitative estimate of drug-likeness (QED) is 0.623. The summed E-state index contributed by atoms with van der Waals surface area (Å²) in [5.74, 6) is 1.76. The predicted molar refractivity (Wildman–Crippen MR) is 106 cm³/mol. The van der Waals surface area contributed by atoms with Crippen LogP contribution in [0.4, 0.5) is 0 Å². The fourth-order valence-corrected chi connectivity index (χ4v) is 4.42. The maximum atomic E-state index is 9.71. The maximum absolute atomic E-state index is 9.71. The minimum atomic E-state index is 0.183. The highest BCUT2D eigenvalue weighted by molar-refractivity contribution is 5.80. The van der Waals surface area contributed by atoms with Crippen molar-refractivity contribution in [3.63, 3.8) is 0 Å². The van der Waals surface area contributed by atoms with E-state index in [0.717, 1.165) is 44.1 Å². The highest BCUT2D eigenvalue weighted by Gasteiger charge is 2.39. The van der Waals surface area contributed by atoms with Crippen molar-refractivity contribution in [3.8, 4) is 11.5 Å². The van der Waals surface area contributed by atoms with Crippen molar-refractivity contribution in [2.75, 3.05) is 33.3 Å². The predicted octanol–water partition coefficient (Wildman–Crippen LogP) is 3.57. The fraction of sp³-hybridized carbons (Fsp3) is 0.667. The van der Waals surface area contributed by atoms with E-state index in [4.69, 9.17) is 9.73 Å². The topological polar surface area (TPSA) is 57.1 Å². The van der Waals surface area contributed by atoms with Crippen LogP contribution < -0.4 is 10.1 Å². The van der Waals surface area contributed by atoms with Gasteiger partial charge >= 0.3 is 0 Å². The van der Waals surface area contributed by atoms with Crippen molar-refractivity contribution >= 4 is 5.96 Å². The van der Waals surface area contributed by atoms with Gasteiger partial charge in [-0.05, 0) is 55.7 Å². The third-order valence-corrected chi connectivity index (χ3v) is 5.89. The van der Waals surface area contributed by atoms with Crippen molar-refractivity contribution in [2.24, 2.45) is 10.4 Å². The largest absolute Gasteiger partial charge is 0.504 e. The van der Waals surface area contributed by atoms with Crippen LogP contribution in [0.5, 0.6) is 11.5 Å². The lowest BCUT2D eigenvalue weighted by Crippen LogP contribution is -2.41. The van der Waals surface area contributed by atoms with Gasteiger partial charge in [0, 0.05) is 26.2 Å². The van der Waals surface area contributed by atoms with Gasteiger partial charge in [0.15, 0.2) is 17.5 Å². The molecule has 0 amide bonds. The van der Waals surface area contributed by atoms with E-state index in [-0.39, 0.29) is 5.75 Å². The Morgan fingerprint density at radius 3 is 2.81 bits per heavy atom. The van der Waals surface area contributed by atoms with E-state index in [1.807, 2.05) is 12.1 Å². The zero-order valence-corrected chi connectivity index (χ0v) is 16.3. The first-order valence-corrected chi connectivity index (χ1v) is 10.0. The molecule has 2 fully saturated rings. The van der Waals surface area contributed by atoms with Gasteiger partial charge in [0.1, 0.15) is 0 Å². The number of methoxy groups -OCH3 is 1. The summed E-state index contributed by atoms with van der Waals surface area (Å²) in [4.78, 5) is 7.34. The van der Waals surface area contributed by atoms with Gasteiger partial charge in [-0.1, -0.05) is 25.3 Å². The Morgan fingerprint density at radius 2 is 2.08 bits per heavy atom. The lowest BCUT2D eigenvalue weighted by atomic mass is 9.73. The van der Waals surface area contributed by atoms with Gasteiger partial charge in [0.2, 0.25) is 0 Å². The molecule has 1 heterocycles. The van der Waals surface area contributed by atoms with Crippen LogP contribution in [-0.2, 0) is 6.42 Å². The summed E-state index contributed by atoms with van der Waals surface area (Å²) in [5, 5.41) is 13.2. The van der Waals surface area contributed by atoms with Crippen LogP contribution in [0.3, 0.4) is 0 Å². The van der Waals surface area contributed by atoms with Crippen LogP contribution in [0.25, 0.3) is 0 Å². The normalized spacial score (nSPS) is 19.8. The average Bonchev–Trinajstić information content (AvgIpc) is 3.06. The Morgan fingerprint density at radius 1 is 1.27 bits per heavy atom. The molecule has 5 nitrogen and oxygen atoms in total. The van der Waals surface area contributed by atoms with Gasteiger partial charge in [0.05, 0.1) is 7.11 Å². The molecule has 1 spiro atoms. The Kier molecular flexibility index (Phi) is 6.28. The molecule has 1 aromatic carbocycles. The molecule has 2 N–H and O–H groups in total. The first-order valence-electron chi connectivity index (χ1n) is 10.0. The molecule has 0 atom stereocenters. The number of benzene rings is 1. The van der Waals surface area contributed by atoms with Crippen molar-refractivity contribution in [2.45, 2.75) is 51.9 Å². The number of hydrogen-bond donors (Lipinski definition) is 2. The highest BCUT2D eigenvalue weighted by Crippen LogP contribution is 2.43. The van der Waals surface area contributed by atoms with Gasteiger partial charge in [0.25, 0.3) is 0 Å². The summed E-state index contributed by atoms with van der Waals surface area (Å²) in [6.45, 7) is 6.05. The molecule has 1 saturated carbocycles. The second-order valence-electron chi connectivity index (χ2n) is 7.72. The summed E-state index contributed by atoms with van der Waals surface area (Å²) in [6, 6.07) is 5.52. The number of ether oxygens (including phenoxy) is 1. The highest BCUT2D eigenvalue weighted by atomic mass is 16.5. The van der Waals surface area contributed by atoms with Crippen LogP contribution >= 0.6 is 0 Å². The molecular weight excluding hydrogens is 326 g/mol. The van der Waals surface area contributed by atoms with Crippen molar-refractivity contribution in [1.82, 2.24) is 10.2 Å². The summed E-state index contributed by atoms with van der Waals surface area (Å²) in [5.41, 5.74) is 1.67. The van der Waals surface area contributed by atoms with Crippen molar-refractivity contribution < 1.29 is 9.84 Å². The second kappa shape index (κ2) is 8.65. The Bertz CT molecular complexity index is 624. The number of hydrogen-bond acceptors (Lipinski definition) is 3. The van der Waals surface area contributed by atoms with Crippen LogP contribution in [0, 0.1) is 5.41 Å². The number of rotatable bonds is 5. The van der Waals surface area contributed by atoms with Gasteiger partial charge in [-0.2, -0.15) is 0 Å². The number of aliphatic imine (C=N–C) groups is 1. The zero-order valence-electron chi connectivity index (χ0n) is 16.3. The third kappa shape index (κ3) is 4.43. The molecule has 2 aliphatic rings. The zero-order chi connectivity index (χ0) is 18.4. The molecule has 1 aromatic rings. The minimum absolute atomic E-state index is 0.183. The molecule has 0 aromatic heterocycles. The van der Waals surface area contributed by atoms with Crippen molar-refractivity contribution in [3.05, 3.63) is 23.8 Å². The first kappa shape index (κ1) is 18.9. The number of nitrogens with one attached hydrogen (secondary N) is 1. The van der Waals surface area contributed by atoms with E-state index in [2.05, 4.69) is 17.1 Å². The van der Waals surface area contributed by atoms with Crippen LogP contribution in [-0.4, -0.2) is 49.3 Å². The van der Waals surface area contributed by atoms with E-state index in [1.54, 1.807) is 13.2 Å². The van der Waals surface area contributed by atoms with Crippen molar-refractivity contribution in [1.29, 1.82) is 0 Å². The molecule has 1 saturated heterocycles. The standard InChI is InChI=1S/C21H33N3O2/c1-3-22-20(24-14-12-21(16-24)10-5-4-6-11-21)23-13-9-17-7-8-18(25)19(15-17)26-2/h7-8,15,25H,3-6,9-14,16H2,1-2H3,(H,22,23). The monoisotopic (exact) mass is 359 g/mol. The molecule has 26 heavy (non-hydrogen) atoms. The molecule has 0 unspecified atom stereocenters. The molecule has 1 aliphatic carbocycles. The molecule has 0 bridgehead atoms. The number of aromatic hydroxyl groups is 1.